The molecule has 0 spiro atoms. The van der Waals surface area contributed by atoms with E-state index in [1.54, 1.807) is 11.9 Å². The maximum Gasteiger partial charge on any atom is 0.0234 e. The van der Waals surface area contributed by atoms with Crippen LogP contribution in [0.4, 0.5) is 0 Å². The van der Waals surface area contributed by atoms with Gasteiger partial charge in [0.1, 0.15) is 0 Å². The smallest absolute Gasteiger partial charge is 0.0234 e. The summed E-state index contributed by atoms with van der Waals surface area (Å²) in [6, 6.07) is 19.3. The summed E-state index contributed by atoms with van der Waals surface area (Å²) in [5, 5.41) is 0. The molecule has 0 bridgehead atoms. The van der Waals surface area contributed by atoms with E-state index in [-0.39, 0.29) is 0 Å². The van der Waals surface area contributed by atoms with Crippen molar-refractivity contribution >= 4 is 11.9 Å². The lowest BCUT2D eigenvalue weighted by Gasteiger charge is -2.06. The van der Waals surface area contributed by atoms with Gasteiger partial charge >= 0.3 is 0 Å². The molecule has 0 radical (unpaired) electrons. The molecule has 1 aliphatic rings. The van der Waals surface area contributed by atoms with Gasteiger partial charge in [-0.3, -0.25) is 4.72 Å². The summed E-state index contributed by atoms with van der Waals surface area (Å²) in [4.78, 5) is 1.29. The molecular weight excluding hydrogens is 262 g/mol. The Balaban J connectivity index is 1.58. The Morgan fingerprint density at radius 2 is 1.80 bits per heavy atom. The second-order valence-corrected chi connectivity index (χ2v) is 6.47. The van der Waals surface area contributed by atoms with Crippen LogP contribution in [0, 0.1) is 11.8 Å². The van der Waals surface area contributed by atoms with Gasteiger partial charge in [-0.2, -0.15) is 0 Å². The van der Waals surface area contributed by atoms with Crippen molar-refractivity contribution < 1.29 is 0 Å². The summed E-state index contributed by atoms with van der Waals surface area (Å²) in [5.74, 6) is 1.88. The van der Waals surface area contributed by atoms with Crippen molar-refractivity contribution in [2.75, 3.05) is 6.54 Å². The highest BCUT2D eigenvalue weighted by molar-refractivity contribution is 7.97. The summed E-state index contributed by atoms with van der Waals surface area (Å²) < 4.78 is 3.52. The molecule has 1 N–H and O–H groups in total. The van der Waals surface area contributed by atoms with Crippen LogP contribution in [0.2, 0.25) is 0 Å². The van der Waals surface area contributed by atoms with Crippen molar-refractivity contribution in [1.29, 1.82) is 0 Å². The standard InChI is InChI=1S/C18H21NS/c1-2-14-11-17(14)13-19-20-18-10-6-9-16(12-18)15-7-4-3-5-8-15/h3-10,12,14,17,19H,2,11,13H2,1H3. The normalized spacial score (nSPS) is 20.9. The van der Waals surface area contributed by atoms with Gasteiger partial charge in [-0.1, -0.05) is 55.8 Å². The van der Waals surface area contributed by atoms with Crippen LogP contribution >= 0.6 is 11.9 Å². The van der Waals surface area contributed by atoms with Gasteiger partial charge in [0.05, 0.1) is 0 Å². The Hall–Kier alpha value is -1.25. The molecule has 2 unspecified atom stereocenters. The molecule has 0 aromatic heterocycles. The fourth-order valence-corrected chi connectivity index (χ4v) is 3.46. The molecule has 0 aliphatic heterocycles. The first-order chi connectivity index (χ1) is 9.86. The van der Waals surface area contributed by atoms with Crippen molar-refractivity contribution in [2.24, 2.45) is 11.8 Å². The van der Waals surface area contributed by atoms with Crippen LogP contribution in [0.25, 0.3) is 11.1 Å². The minimum atomic E-state index is 0.907. The van der Waals surface area contributed by atoms with Crippen LogP contribution < -0.4 is 4.72 Å². The molecular formula is C18H21NS. The van der Waals surface area contributed by atoms with Gasteiger partial charge in [-0.15, -0.1) is 0 Å². The summed E-state index contributed by atoms with van der Waals surface area (Å²) >= 11 is 1.76. The molecule has 2 heteroatoms. The molecule has 1 fully saturated rings. The Bertz CT molecular complexity index is 552. The zero-order valence-corrected chi connectivity index (χ0v) is 12.7. The van der Waals surface area contributed by atoms with Gasteiger partial charge in [0.25, 0.3) is 0 Å². The maximum atomic E-state index is 3.52. The SMILES string of the molecule is CCC1CC1CNSc1cccc(-c2ccccc2)c1. The van der Waals surface area contributed by atoms with Crippen molar-refractivity contribution in [2.45, 2.75) is 24.7 Å². The molecule has 2 atom stereocenters. The minimum absolute atomic E-state index is 0.907. The monoisotopic (exact) mass is 283 g/mol. The third-order valence-electron chi connectivity index (χ3n) is 4.07. The van der Waals surface area contributed by atoms with E-state index in [4.69, 9.17) is 0 Å². The van der Waals surface area contributed by atoms with Crippen molar-refractivity contribution in [3.63, 3.8) is 0 Å². The molecule has 1 nitrogen and oxygen atoms in total. The summed E-state index contributed by atoms with van der Waals surface area (Å²) in [6.07, 6.45) is 2.74. The molecule has 0 heterocycles. The van der Waals surface area contributed by atoms with E-state index in [2.05, 4.69) is 66.2 Å². The van der Waals surface area contributed by atoms with E-state index >= 15 is 0 Å². The summed E-state index contributed by atoms with van der Waals surface area (Å²) in [6.45, 7) is 3.43. The molecule has 2 aromatic rings. The van der Waals surface area contributed by atoms with E-state index in [1.165, 1.54) is 28.9 Å². The third-order valence-corrected chi connectivity index (χ3v) is 4.87. The van der Waals surface area contributed by atoms with Crippen molar-refractivity contribution in [1.82, 2.24) is 4.72 Å². The van der Waals surface area contributed by atoms with E-state index in [0.717, 1.165) is 18.4 Å². The predicted molar refractivity (Wildman–Crippen MR) is 87.6 cm³/mol. The quantitative estimate of drug-likeness (QED) is 0.749. The van der Waals surface area contributed by atoms with E-state index in [0.29, 0.717) is 0 Å². The average Bonchev–Trinajstić information content (AvgIpc) is 3.27. The third kappa shape index (κ3) is 3.44. The highest BCUT2D eigenvalue weighted by atomic mass is 32.2. The zero-order chi connectivity index (χ0) is 13.8. The van der Waals surface area contributed by atoms with Crippen LogP contribution in [0.5, 0.6) is 0 Å². The predicted octanol–water partition coefficient (Wildman–Crippen LogP) is 5.00. The van der Waals surface area contributed by atoms with Gasteiger partial charge in [0.2, 0.25) is 0 Å². The highest BCUT2D eigenvalue weighted by Gasteiger charge is 2.34. The van der Waals surface area contributed by atoms with Gasteiger partial charge in [-0.25, -0.2) is 0 Å². The first-order valence-electron chi connectivity index (χ1n) is 7.42. The minimum Gasteiger partial charge on any atom is -0.260 e. The second-order valence-electron chi connectivity index (χ2n) is 5.51. The topological polar surface area (TPSA) is 12.0 Å². The molecule has 3 rings (SSSR count). The zero-order valence-electron chi connectivity index (χ0n) is 11.9. The average molecular weight is 283 g/mol. The molecule has 20 heavy (non-hydrogen) atoms. The maximum absolute atomic E-state index is 3.52. The van der Waals surface area contributed by atoms with E-state index in [9.17, 15) is 0 Å². The lowest BCUT2D eigenvalue weighted by molar-refractivity contribution is 0.671. The van der Waals surface area contributed by atoms with E-state index in [1.807, 2.05) is 0 Å². The van der Waals surface area contributed by atoms with Crippen LogP contribution in [0.3, 0.4) is 0 Å². The molecule has 0 amide bonds. The lowest BCUT2D eigenvalue weighted by Crippen LogP contribution is -2.08. The van der Waals surface area contributed by atoms with Crippen LogP contribution in [0.1, 0.15) is 19.8 Å². The molecule has 104 valence electrons. The van der Waals surface area contributed by atoms with Crippen LogP contribution in [-0.4, -0.2) is 6.54 Å². The van der Waals surface area contributed by atoms with Crippen molar-refractivity contribution in [3.8, 4) is 11.1 Å². The van der Waals surface area contributed by atoms with Gasteiger partial charge in [0, 0.05) is 11.4 Å². The molecule has 1 aliphatic carbocycles. The number of hydrogen-bond donors (Lipinski definition) is 1. The largest absolute Gasteiger partial charge is 0.260 e. The Morgan fingerprint density at radius 3 is 2.55 bits per heavy atom. The number of nitrogens with one attached hydrogen (secondary N) is 1. The Kier molecular flexibility index (Phi) is 4.44. The van der Waals surface area contributed by atoms with Gasteiger partial charge < -0.3 is 0 Å². The van der Waals surface area contributed by atoms with E-state index < -0.39 is 0 Å². The van der Waals surface area contributed by atoms with Crippen LogP contribution in [0.15, 0.2) is 59.5 Å². The van der Waals surface area contributed by atoms with Gasteiger partial charge in [0.15, 0.2) is 0 Å². The second kappa shape index (κ2) is 6.47. The molecule has 2 aromatic carbocycles. The summed E-state index contributed by atoms with van der Waals surface area (Å²) in [5.41, 5.74) is 2.57. The fourth-order valence-electron chi connectivity index (χ4n) is 2.66. The molecule has 0 saturated heterocycles. The first-order valence-corrected chi connectivity index (χ1v) is 8.23. The highest BCUT2D eigenvalue weighted by Crippen LogP contribution is 2.40. The lowest BCUT2D eigenvalue weighted by atomic mass is 10.1. The first kappa shape index (κ1) is 13.7. The molecule has 1 saturated carbocycles. The van der Waals surface area contributed by atoms with Crippen LogP contribution in [-0.2, 0) is 0 Å². The summed E-state index contributed by atoms with van der Waals surface area (Å²) in [7, 11) is 0. The number of hydrogen-bond acceptors (Lipinski definition) is 2. The van der Waals surface area contributed by atoms with Gasteiger partial charge in [-0.05, 0) is 53.5 Å². The Morgan fingerprint density at radius 1 is 1.00 bits per heavy atom. The fraction of sp³-hybridized carbons (Fsp3) is 0.333. The van der Waals surface area contributed by atoms with Crippen molar-refractivity contribution in [3.05, 3.63) is 54.6 Å². The number of benzene rings is 2. The number of rotatable bonds is 6. The Labute approximate surface area is 125 Å².